The molecule has 0 atom stereocenters. The van der Waals surface area contributed by atoms with Crippen LogP contribution in [0.2, 0.25) is 0 Å². The van der Waals surface area contributed by atoms with E-state index in [4.69, 9.17) is 0 Å². The molecule has 7 heteroatoms. The maximum Gasteiger partial charge on any atom is 0.180 e. The van der Waals surface area contributed by atoms with E-state index >= 15 is 0 Å². The topological polar surface area (TPSA) is 54.2 Å². The van der Waals surface area contributed by atoms with E-state index in [1.807, 2.05) is 16.8 Å². The number of hydrogen-bond donors (Lipinski definition) is 2. The molecule has 3 heterocycles. The van der Waals surface area contributed by atoms with Gasteiger partial charge in [-0.1, -0.05) is 6.92 Å². The Kier molecular flexibility index (Phi) is 4.40. The van der Waals surface area contributed by atoms with Gasteiger partial charge < -0.3 is 15.0 Å². The average Bonchev–Trinajstić information content (AvgIpc) is 3.11. The first-order valence-corrected chi connectivity index (χ1v) is 8.48. The van der Waals surface area contributed by atoms with Gasteiger partial charge in [-0.2, -0.15) is 0 Å². The van der Waals surface area contributed by atoms with Gasteiger partial charge in [-0.05, 0) is 33.8 Å². The molecule has 3 aromatic heterocycles. The third-order valence-corrected chi connectivity index (χ3v) is 4.96. The van der Waals surface area contributed by atoms with Crippen molar-refractivity contribution in [1.82, 2.24) is 14.4 Å². The van der Waals surface area contributed by atoms with Crippen molar-refractivity contribution in [3.63, 3.8) is 0 Å². The van der Waals surface area contributed by atoms with Gasteiger partial charge in [-0.3, -0.25) is 0 Å². The molecule has 21 heavy (non-hydrogen) atoms. The van der Waals surface area contributed by atoms with Crippen LogP contribution in [0, 0.1) is 0 Å². The van der Waals surface area contributed by atoms with Gasteiger partial charge in [0.05, 0.1) is 12.7 Å². The molecule has 110 valence electrons. The Labute approximate surface area is 135 Å². The van der Waals surface area contributed by atoms with E-state index in [-0.39, 0.29) is 0 Å². The molecule has 0 aliphatic rings. The van der Waals surface area contributed by atoms with Gasteiger partial charge >= 0.3 is 0 Å². The molecular formula is C14H16BrN5S. The summed E-state index contributed by atoms with van der Waals surface area (Å²) in [5.74, 6) is 1.65. The number of thiophene rings is 1. The molecule has 5 nitrogen and oxygen atoms in total. The van der Waals surface area contributed by atoms with Gasteiger partial charge in [0.25, 0.3) is 0 Å². The smallest absolute Gasteiger partial charge is 0.180 e. The van der Waals surface area contributed by atoms with E-state index < -0.39 is 0 Å². The third-order valence-electron chi connectivity index (χ3n) is 3.04. The zero-order chi connectivity index (χ0) is 14.7. The summed E-state index contributed by atoms with van der Waals surface area (Å²) in [5, 5.41) is 8.76. The lowest BCUT2D eigenvalue weighted by Gasteiger charge is -2.10. The number of aromatic nitrogens is 3. The summed E-state index contributed by atoms with van der Waals surface area (Å²) in [6.45, 7) is 3.77. The summed E-state index contributed by atoms with van der Waals surface area (Å²) in [6.07, 6.45) is 6.74. The van der Waals surface area contributed by atoms with Crippen molar-refractivity contribution in [2.75, 3.05) is 17.2 Å². The van der Waals surface area contributed by atoms with Crippen LogP contribution in [0.4, 0.5) is 11.6 Å². The van der Waals surface area contributed by atoms with Gasteiger partial charge in [0, 0.05) is 28.3 Å². The van der Waals surface area contributed by atoms with Gasteiger partial charge in [-0.15, -0.1) is 11.3 Å². The molecule has 0 fully saturated rings. The van der Waals surface area contributed by atoms with Crippen molar-refractivity contribution in [2.45, 2.75) is 19.9 Å². The van der Waals surface area contributed by atoms with E-state index in [1.54, 1.807) is 17.5 Å². The van der Waals surface area contributed by atoms with E-state index in [2.05, 4.69) is 54.9 Å². The molecule has 0 saturated heterocycles. The SMILES string of the molecule is CCCNc1cn2ccnc2c(NCc2sccc2Br)n1. The summed E-state index contributed by atoms with van der Waals surface area (Å²) in [6, 6.07) is 2.06. The monoisotopic (exact) mass is 365 g/mol. The van der Waals surface area contributed by atoms with Gasteiger partial charge in [0.2, 0.25) is 0 Å². The first kappa shape index (κ1) is 14.3. The van der Waals surface area contributed by atoms with Crippen LogP contribution in [0.25, 0.3) is 5.65 Å². The van der Waals surface area contributed by atoms with E-state index in [0.29, 0.717) is 0 Å². The standard InChI is InChI=1S/C14H16BrN5S/c1-2-4-16-12-9-20-6-5-17-14(20)13(19-12)18-8-11-10(15)3-7-21-11/h3,5-7,9,16H,2,4,8H2,1H3,(H,18,19). The average molecular weight is 366 g/mol. The molecule has 3 rings (SSSR count). The predicted molar refractivity (Wildman–Crippen MR) is 91.1 cm³/mol. The van der Waals surface area contributed by atoms with Crippen molar-refractivity contribution >= 4 is 44.5 Å². The largest absolute Gasteiger partial charge is 0.369 e. The third kappa shape index (κ3) is 3.19. The molecule has 0 spiro atoms. The first-order valence-electron chi connectivity index (χ1n) is 6.81. The molecule has 0 saturated carbocycles. The molecule has 0 aliphatic heterocycles. The normalized spacial score (nSPS) is 11.0. The number of anilines is 2. The molecule has 0 aromatic carbocycles. The fourth-order valence-electron chi connectivity index (χ4n) is 2.00. The fraction of sp³-hybridized carbons (Fsp3) is 0.286. The predicted octanol–water partition coefficient (Wildman–Crippen LogP) is 3.99. The van der Waals surface area contributed by atoms with Crippen LogP contribution in [-0.2, 0) is 6.54 Å². The summed E-state index contributed by atoms with van der Waals surface area (Å²) in [7, 11) is 0. The Balaban J connectivity index is 1.85. The van der Waals surface area contributed by atoms with E-state index in [9.17, 15) is 0 Å². The second-order valence-corrected chi connectivity index (χ2v) is 6.46. The highest BCUT2D eigenvalue weighted by molar-refractivity contribution is 9.10. The summed E-state index contributed by atoms with van der Waals surface area (Å²) < 4.78 is 3.11. The molecule has 0 aliphatic carbocycles. The van der Waals surface area contributed by atoms with Crippen molar-refractivity contribution in [3.8, 4) is 0 Å². The van der Waals surface area contributed by atoms with Gasteiger partial charge in [0.1, 0.15) is 5.82 Å². The van der Waals surface area contributed by atoms with E-state index in [0.717, 1.165) is 41.3 Å². The maximum atomic E-state index is 4.62. The maximum absolute atomic E-state index is 4.62. The van der Waals surface area contributed by atoms with Crippen LogP contribution in [-0.4, -0.2) is 20.9 Å². The van der Waals surface area contributed by atoms with Crippen LogP contribution in [0.5, 0.6) is 0 Å². The lowest BCUT2D eigenvalue weighted by molar-refractivity contribution is 0.960. The lowest BCUT2D eigenvalue weighted by Crippen LogP contribution is -2.08. The Morgan fingerprint density at radius 2 is 2.29 bits per heavy atom. The summed E-state index contributed by atoms with van der Waals surface area (Å²) >= 11 is 5.26. The second-order valence-electron chi connectivity index (χ2n) is 4.60. The van der Waals surface area contributed by atoms with Gasteiger partial charge in [0.15, 0.2) is 11.5 Å². The molecule has 0 unspecified atom stereocenters. The van der Waals surface area contributed by atoms with Crippen molar-refractivity contribution < 1.29 is 0 Å². The van der Waals surface area contributed by atoms with Crippen LogP contribution < -0.4 is 10.6 Å². The summed E-state index contributed by atoms with van der Waals surface area (Å²) in [4.78, 5) is 10.2. The minimum absolute atomic E-state index is 0.727. The lowest BCUT2D eigenvalue weighted by atomic mass is 10.4. The zero-order valence-corrected chi connectivity index (χ0v) is 14.0. The minimum atomic E-state index is 0.727. The number of halogens is 1. The molecule has 3 aromatic rings. The Bertz CT molecular complexity index is 736. The highest BCUT2D eigenvalue weighted by Gasteiger charge is 2.08. The number of fused-ring (bicyclic) bond motifs is 1. The van der Waals surface area contributed by atoms with E-state index in [1.165, 1.54) is 4.88 Å². The number of nitrogens with one attached hydrogen (secondary N) is 2. The fourth-order valence-corrected chi connectivity index (χ4v) is 3.44. The number of imidazole rings is 1. The number of rotatable bonds is 6. The molecule has 0 bridgehead atoms. The highest BCUT2D eigenvalue weighted by Crippen LogP contribution is 2.24. The molecular weight excluding hydrogens is 350 g/mol. The van der Waals surface area contributed by atoms with Crippen LogP contribution in [0.1, 0.15) is 18.2 Å². The Morgan fingerprint density at radius 1 is 1.38 bits per heavy atom. The van der Waals surface area contributed by atoms with Gasteiger partial charge in [-0.25, -0.2) is 9.97 Å². The van der Waals surface area contributed by atoms with Crippen molar-refractivity contribution in [2.24, 2.45) is 0 Å². The van der Waals surface area contributed by atoms with Crippen LogP contribution >= 0.6 is 27.3 Å². The number of hydrogen-bond acceptors (Lipinski definition) is 5. The first-order chi connectivity index (χ1) is 10.3. The quantitative estimate of drug-likeness (QED) is 0.693. The molecule has 0 amide bonds. The van der Waals surface area contributed by atoms with Crippen LogP contribution in [0.3, 0.4) is 0 Å². The zero-order valence-electron chi connectivity index (χ0n) is 11.6. The number of nitrogens with zero attached hydrogens (tertiary/aromatic N) is 3. The Morgan fingerprint density at radius 3 is 3.05 bits per heavy atom. The highest BCUT2D eigenvalue weighted by atomic mass is 79.9. The second kappa shape index (κ2) is 6.44. The summed E-state index contributed by atoms with van der Waals surface area (Å²) in [5.41, 5.74) is 0.838. The van der Waals surface area contributed by atoms with Crippen molar-refractivity contribution in [3.05, 3.63) is 39.4 Å². The minimum Gasteiger partial charge on any atom is -0.369 e. The molecule has 0 radical (unpaired) electrons. The Hall–Kier alpha value is -1.60. The van der Waals surface area contributed by atoms with Crippen molar-refractivity contribution in [1.29, 1.82) is 0 Å². The van der Waals surface area contributed by atoms with Crippen LogP contribution in [0.15, 0.2) is 34.5 Å². The molecule has 2 N–H and O–H groups in total.